The van der Waals surface area contributed by atoms with Crippen LogP contribution in [0.5, 0.6) is 0 Å². The molecule has 25 heavy (non-hydrogen) atoms. The van der Waals surface area contributed by atoms with E-state index < -0.39 is 0 Å². The summed E-state index contributed by atoms with van der Waals surface area (Å²) in [5, 5.41) is 3.75. The Morgan fingerprint density at radius 3 is 2.72 bits per heavy atom. The fraction of sp³-hybridized carbons (Fsp3) is 0.263. The SMILES string of the molecule is COCCn1c(SCC(=O)Nc2ccc(C)cc2)nc2ccccc21. The van der Waals surface area contributed by atoms with E-state index >= 15 is 0 Å². The van der Waals surface area contributed by atoms with Crippen LogP contribution in [0.2, 0.25) is 0 Å². The van der Waals surface area contributed by atoms with Crippen LogP contribution < -0.4 is 5.32 Å². The van der Waals surface area contributed by atoms with Gasteiger partial charge in [-0.1, -0.05) is 41.6 Å². The van der Waals surface area contributed by atoms with E-state index in [-0.39, 0.29) is 5.91 Å². The van der Waals surface area contributed by atoms with Gasteiger partial charge in [-0.2, -0.15) is 0 Å². The van der Waals surface area contributed by atoms with Crippen molar-refractivity contribution in [2.45, 2.75) is 18.6 Å². The number of carbonyl (C=O) groups is 1. The van der Waals surface area contributed by atoms with Crippen molar-refractivity contribution in [1.29, 1.82) is 0 Å². The highest BCUT2D eigenvalue weighted by Crippen LogP contribution is 2.24. The third kappa shape index (κ3) is 4.41. The quantitative estimate of drug-likeness (QED) is 0.656. The summed E-state index contributed by atoms with van der Waals surface area (Å²) in [5.41, 5.74) is 3.96. The maximum absolute atomic E-state index is 12.2. The lowest BCUT2D eigenvalue weighted by molar-refractivity contribution is -0.113. The minimum absolute atomic E-state index is 0.0424. The molecule has 5 nitrogen and oxygen atoms in total. The summed E-state index contributed by atoms with van der Waals surface area (Å²) >= 11 is 1.44. The van der Waals surface area contributed by atoms with E-state index in [1.54, 1.807) is 7.11 Å². The highest BCUT2D eigenvalue weighted by Gasteiger charge is 2.12. The second-order valence-electron chi connectivity index (χ2n) is 5.73. The molecular weight excluding hydrogens is 334 g/mol. The monoisotopic (exact) mass is 355 g/mol. The molecule has 0 aliphatic rings. The van der Waals surface area contributed by atoms with Crippen LogP contribution >= 0.6 is 11.8 Å². The number of imidazole rings is 1. The first-order valence-electron chi connectivity index (χ1n) is 8.11. The first kappa shape index (κ1) is 17.5. The van der Waals surface area contributed by atoms with Gasteiger partial charge in [-0.15, -0.1) is 0 Å². The van der Waals surface area contributed by atoms with Crippen molar-refractivity contribution in [1.82, 2.24) is 9.55 Å². The fourth-order valence-electron chi connectivity index (χ4n) is 2.53. The van der Waals surface area contributed by atoms with Gasteiger partial charge in [-0.25, -0.2) is 4.98 Å². The fourth-order valence-corrected chi connectivity index (χ4v) is 3.37. The number of aryl methyl sites for hydroxylation is 1. The first-order chi connectivity index (χ1) is 12.2. The predicted molar refractivity (Wildman–Crippen MR) is 102 cm³/mol. The van der Waals surface area contributed by atoms with Gasteiger partial charge in [0, 0.05) is 19.3 Å². The van der Waals surface area contributed by atoms with Crippen molar-refractivity contribution in [2.24, 2.45) is 0 Å². The third-order valence-corrected chi connectivity index (χ3v) is 4.78. The number of amides is 1. The van der Waals surface area contributed by atoms with Crippen molar-refractivity contribution >= 4 is 34.4 Å². The summed E-state index contributed by atoms with van der Waals surface area (Å²) in [5.74, 6) is 0.267. The molecule has 0 saturated carbocycles. The molecule has 6 heteroatoms. The summed E-state index contributed by atoms with van der Waals surface area (Å²) < 4.78 is 7.30. The second kappa shape index (κ2) is 8.18. The smallest absolute Gasteiger partial charge is 0.234 e. The van der Waals surface area contributed by atoms with Gasteiger partial charge < -0.3 is 14.6 Å². The Morgan fingerprint density at radius 2 is 1.96 bits per heavy atom. The van der Waals surface area contributed by atoms with E-state index in [2.05, 4.69) is 14.9 Å². The highest BCUT2D eigenvalue weighted by molar-refractivity contribution is 7.99. The summed E-state index contributed by atoms with van der Waals surface area (Å²) in [6.07, 6.45) is 0. The Kier molecular flexibility index (Phi) is 5.73. The highest BCUT2D eigenvalue weighted by atomic mass is 32.2. The molecule has 0 saturated heterocycles. The lowest BCUT2D eigenvalue weighted by atomic mass is 10.2. The number of hydrogen-bond donors (Lipinski definition) is 1. The number of anilines is 1. The van der Waals surface area contributed by atoms with E-state index in [9.17, 15) is 4.79 Å². The number of benzene rings is 2. The van der Waals surface area contributed by atoms with Crippen molar-refractivity contribution in [2.75, 3.05) is 24.8 Å². The standard InChI is InChI=1S/C19H21N3O2S/c1-14-7-9-15(10-8-14)20-18(23)13-25-19-21-16-5-3-4-6-17(16)22(19)11-12-24-2/h3-10H,11-13H2,1-2H3,(H,20,23). The van der Waals surface area contributed by atoms with Gasteiger partial charge in [0.2, 0.25) is 5.91 Å². The topological polar surface area (TPSA) is 56.1 Å². The molecule has 3 rings (SSSR count). The molecule has 0 aliphatic heterocycles. The number of ether oxygens (including phenoxy) is 1. The minimum Gasteiger partial charge on any atom is -0.383 e. The Bertz CT molecular complexity index is 859. The zero-order chi connectivity index (χ0) is 17.6. The largest absolute Gasteiger partial charge is 0.383 e. The van der Waals surface area contributed by atoms with Crippen LogP contribution in [0, 0.1) is 6.92 Å². The van der Waals surface area contributed by atoms with Crippen LogP contribution in [0.4, 0.5) is 5.69 Å². The minimum atomic E-state index is -0.0424. The number of aromatic nitrogens is 2. The first-order valence-corrected chi connectivity index (χ1v) is 9.09. The van der Waals surface area contributed by atoms with Crippen molar-refractivity contribution in [3.63, 3.8) is 0 Å². The lowest BCUT2D eigenvalue weighted by Gasteiger charge is -2.09. The van der Waals surface area contributed by atoms with E-state index in [0.29, 0.717) is 18.9 Å². The Hall–Kier alpha value is -2.31. The molecule has 1 N–H and O–H groups in total. The molecule has 3 aromatic rings. The Morgan fingerprint density at radius 1 is 1.20 bits per heavy atom. The molecule has 2 aromatic carbocycles. The predicted octanol–water partition coefficient (Wildman–Crippen LogP) is 3.72. The van der Waals surface area contributed by atoms with Crippen LogP contribution in [-0.2, 0) is 16.1 Å². The molecule has 1 aromatic heterocycles. The summed E-state index contributed by atoms with van der Waals surface area (Å²) in [6, 6.07) is 15.8. The van der Waals surface area contributed by atoms with Gasteiger partial charge in [0.25, 0.3) is 0 Å². The molecule has 1 amide bonds. The average molecular weight is 355 g/mol. The second-order valence-corrected chi connectivity index (χ2v) is 6.67. The molecule has 0 spiro atoms. The third-order valence-electron chi connectivity index (χ3n) is 3.81. The zero-order valence-electron chi connectivity index (χ0n) is 14.4. The molecule has 0 radical (unpaired) electrons. The summed E-state index contributed by atoms with van der Waals surface area (Å²) in [4.78, 5) is 16.9. The number of nitrogens with one attached hydrogen (secondary N) is 1. The molecule has 0 atom stereocenters. The number of nitrogens with zero attached hydrogens (tertiary/aromatic N) is 2. The lowest BCUT2D eigenvalue weighted by Crippen LogP contribution is -2.15. The molecule has 1 heterocycles. The molecule has 0 aliphatic carbocycles. The van der Waals surface area contributed by atoms with E-state index in [1.165, 1.54) is 17.3 Å². The van der Waals surface area contributed by atoms with Crippen LogP contribution in [0.1, 0.15) is 5.56 Å². The van der Waals surface area contributed by atoms with Crippen molar-refractivity contribution < 1.29 is 9.53 Å². The van der Waals surface area contributed by atoms with Gasteiger partial charge in [-0.05, 0) is 31.2 Å². The van der Waals surface area contributed by atoms with Gasteiger partial charge >= 0.3 is 0 Å². The number of fused-ring (bicyclic) bond motifs is 1. The summed E-state index contributed by atoms with van der Waals surface area (Å²) in [7, 11) is 1.68. The zero-order valence-corrected chi connectivity index (χ0v) is 15.2. The van der Waals surface area contributed by atoms with E-state index in [1.807, 2.05) is 55.5 Å². The normalized spacial score (nSPS) is 11.0. The van der Waals surface area contributed by atoms with Crippen LogP contribution in [0.25, 0.3) is 11.0 Å². The van der Waals surface area contributed by atoms with Gasteiger partial charge in [0.1, 0.15) is 0 Å². The van der Waals surface area contributed by atoms with E-state index in [0.717, 1.165) is 21.9 Å². The molecular formula is C19H21N3O2S. The maximum Gasteiger partial charge on any atom is 0.234 e. The number of hydrogen-bond acceptors (Lipinski definition) is 4. The molecule has 0 bridgehead atoms. The van der Waals surface area contributed by atoms with Gasteiger partial charge in [-0.3, -0.25) is 4.79 Å². The number of para-hydroxylation sites is 2. The van der Waals surface area contributed by atoms with E-state index in [4.69, 9.17) is 4.74 Å². The van der Waals surface area contributed by atoms with Gasteiger partial charge in [0.15, 0.2) is 5.16 Å². The molecule has 0 unspecified atom stereocenters. The number of thioether (sulfide) groups is 1. The van der Waals surface area contributed by atoms with Crippen LogP contribution in [0.15, 0.2) is 53.7 Å². The number of carbonyl (C=O) groups excluding carboxylic acids is 1. The van der Waals surface area contributed by atoms with Crippen LogP contribution in [-0.4, -0.2) is 34.9 Å². The molecule has 130 valence electrons. The number of methoxy groups -OCH3 is 1. The van der Waals surface area contributed by atoms with Gasteiger partial charge in [0.05, 0.1) is 23.4 Å². The van der Waals surface area contributed by atoms with Crippen LogP contribution in [0.3, 0.4) is 0 Å². The Balaban J connectivity index is 1.69. The van der Waals surface area contributed by atoms with Crippen molar-refractivity contribution in [3.8, 4) is 0 Å². The number of rotatable bonds is 7. The molecule has 0 fully saturated rings. The van der Waals surface area contributed by atoms with Crippen molar-refractivity contribution in [3.05, 3.63) is 54.1 Å². The summed E-state index contributed by atoms with van der Waals surface area (Å²) in [6.45, 7) is 3.33. The average Bonchev–Trinajstić information content (AvgIpc) is 2.98. The Labute approximate surface area is 151 Å². The maximum atomic E-state index is 12.2.